The normalized spacial score (nSPS) is 13.3. The molecule has 0 fully saturated rings. The Labute approximate surface area is 225 Å². The highest BCUT2D eigenvalue weighted by Crippen LogP contribution is 2.31. The number of nitrogens with zero attached hydrogens (tertiary/aromatic N) is 2. The molecule has 10 nitrogen and oxygen atoms in total. The molecule has 0 saturated carbocycles. The minimum absolute atomic E-state index is 0.0341. The summed E-state index contributed by atoms with van der Waals surface area (Å²) < 4.78 is 47.4. The number of halogens is 3. The molecule has 0 bridgehead atoms. The van der Waals surface area contributed by atoms with Gasteiger partial charge in [0.1, 0.15) is 29.1 Å². The van der Waals surface area contributed by atoms with E-state index in [1.807, 2.05) is 0 Å². The summed E-state index contributed by atoms with van der Waals surface area (Å²) in [4.78, 5) is 44.7. The van der Waals surface area contributed by atoms with Crippen molar-refractivity contribution in [1.82, 2.24) is 9.97 Å². The molecule has 3 N–H and O–H groups in total. The number of fused-ring (bicyclic) bond motifs is 1. The van der Waals surface area contributed by atoms with Gasteiger partial charge in [-0.3, -0.25) is 9.59 Å². The Balaban J connectivity index is 1.56. The highest BCUT2D eigenvalue weighted by molar-refractivity contribution is 5.91. The maximum absolute atomic E-state index is 12.7. The maximum atomic E-state index is 12.7. The Morgan fingerprint density at radius 1 is 1.05 bits per heavy atom. The molecular weight excluding hydrogens is 533 g/mol. The number of hydrogen-bond donors (Lipinski definition) is 3. The van der Waals surface area contributed by atoms with Gasteiger partial charge in [-0.05, 0) is 56.2 Å². The van der Waals surface area contributed by atoms with Gasteiger partial charge >= 0.3 is 12.3 Å². The van der Waals surface area contributed by atoms with Crippen LogP contribution in [0.25, 0.3) is 10.9 Å². The van der Waals surface area contributed by atoms with Crippen molar-refractivity contribution in [3.8, 4) is 11.5 Å². The summed E-state index contributed by atoms with van der Waals surface area (Å²) in [5, 5.41) is 16.2. The van der Waals surface area contributed by atoms with Crippen LogP contribution in [0.1, 0.15) is 32.8 Å². The Morgan fingerprint density at radius 3 is 2.35 bits per heavy atom. The summed E-state index contributed by atoms with van der Waals surface area (Å²) in [5.41, 5.74) is -1.91. The van der Waals surface area contributed by atoms with Gasteiger partial charge in [0.2, 0.25) is 0 Å². The van der Waals surface area contributed by atoms with Crippen molar-refractivity contribution in [2.75, 3.05) is 10.6 Å². The number of rotatable bonds is 11. The van der Waals surface area contributed by atoms with Gasteiger partial charge in [-0.15, -0.1) is 13.2 Å². The standard InChI is InChI=1S/C27H25F3N4O6/c1-4-26(25(37)38,34-20-21(35)22(36)23(20)39-14(2)3)12-15-5-7-16(8-6-15)33-24-18-11-17(40-27(28,29)30)9-10-19(18)31-13-32-24/h5-11,13-14,34H,4,12H2,1-3H3,(H,37,38)(H,31,32,33)/t26-/m0/s1. The van der Waals surface area contributed by atoms with Crippen LogP contribution < -0.4 is 31.0 Å². The molecule has 0 radical (unpaired) electrons. The molecule has 0 amide bonds. The first kappa shape index (κ1) is 28.3. The molecule has 4 rings (SSSR count). The first-order chi connectivity index (χ1) is 18.8. The average Bonchev–Trinajstić information content (AvgIpc) is 2.90. The molecule has 1 heterocycles. The van der Waals surface area contributed by atoms with E-state index in [4.69, 9.17) is 4.74 Å². The van der Waals surface area contributed by atoms with Gasteiger partial charge in [0.15, 0.2) is 5.75 Å². The molecule has 0 spiro atoms. The van der Waals surface area contributed by atoms with E-state index in [9.17, 15) is 32.7 Å². The van der Waals surface area contributed by atoms with E-state index in [0.717, 1.165) is 6.07 Å². The predicted molar refractivity (Wildman–Crippen MR) is 141 cm³/mol. The van der Waals surface area contributed by atoms with Gasteiger partial charge < -0.3 is 25.2 Å². The number of anilines is 3. The van der Waals surface area contributed by atoms with Crippen molar-refractivity contribution in [3.05, 3.63) is 74.8 Å². The average molecular weight is 559 g/mol. The van der Waals surface area contributed by atoms with Crippen LogP contribution >= 0.6 is 0 Å². The number of aliphatic carboxylic acids is 1. The van der Waals surface area contributed by atoms with Crippen molar-refractivity contribution in [3.63, 3.8) is 0 Å². The largest absolute Gasteiger partial charge is 0.573 e. The Bertz CT molecular complexity index is 1610. The summed E-state index contributed by atoms with van der Waals surface area (Å²) in [7, 11) is 0. The minimum Gasteiger partial charge on any atom is -0.485 e. The SMILES string of the molecule is CC[C@@](Cc1ccc(Nc2ncnc3ccc(OC(F)(F)F)cc23)cc1)(Nc1c(OC(C)C)c(=O)c1=O)C(=O)O. The summed E-state index contributed by atoms with van der Waals surface area (Å²) in [6.45, 7) is 5.00. The number of alkyl halides is 3. The molecule has 0 aliphatic carbocycles. The number of benzene rings is 2. The molecule has 0 aliphatic heterocycles. The third-order valence-corrected chi connectivity index (χ3v) is 6.16. The monoisotopic (exact) mass is 558 g/mol. The van der Waals surface area contributed by atoms with Crippen LogP contribution in [-0.4, -0.2) is 39.0 Å². The summed E-state index contributed by atoms with van der Waals surface area (Å²) in [6, 6.07) is 10.3. The number of carboxylic acid groups (broad SMARTS) is 1. The Hall–Kier alpha value is -4.68. The van der Waals surface area contributed by atoms with Crippen molar-refractivity contribution >= 4 is 34.1 Å². The zero-order valence-corrected chi connectivity index (χ0v) is 21.6. The van der Waals surface area contributed by atoms with E-state index in [-0.39, 0.29) is 36.2 Å². The molecule has 3 aromatic carbocycles. The van der Waals surface area contributed by atoms with Crippen LogP contribution in [0, 0.1) is 0 Å². The number of carbonyl (C=O) groups is 1. The highest BCUT2D eigenvalue weighted by atomic mass is 19.4. The summed E-state index contributed by atoms with van der Waals surface area (Å²) >= 11 is 0. The summed E-state index contributed by atoms with van der Waals surface area (Å²) in [6.07, 6.45) is -3.94. The lowest BCUT2D eigenvalue weighted by Crippen LogP contribution is -2.51. The predicted octanol–water partition coefficient (Wildman–Crippen LogP) is 4.54. The van der Waals surface area contributed by atoms with Crippen LogP contribution in [0.5, 0.6) is 11.5 Å². The molecule has 4 aromatic rings. The molecule has 0 unspecified atom stereocenters. The number of nitrogens with one attached hydrogen (secondary N) is 2. The lowest BCUT2D eigenvalue weighted by Gasteiger charge is -2.32. The number of carboxylic acids is 1. The van der Waals surface area contributed by atoms with Gasteiger partial charge in [0, 0.05) is 17.5 Å². The molecule has 1 atom stereocenters. The molecule has 40 heavy (non-hydrogen) atoms. The minimum atomic E-state index is -4.85. The van der Waals surface area contributed by atoms with Gasteiger partial charge in [-0.1, -0.05) is 19.1 Å². The fourth-order valence-corrected chi connectivity index (χ4v) is 4.13. The van der Waals surface area contributed by atoms with E-state index in [2.05, 4.69) is 25.3 Å². The lowest BCUT2D eigenvalue weighted by atomic mass is 9.87. The zero-order chi connectivity index (χ0) is 29.2. The van der Waals surface area contributed by atoms with Crippen LogP contribution in [0.4, 0.5) is 30.4 Å². The van der Waals surface area contributed by atoms with Crippen LogP contribution in [0.3, 0.4) is 0 Å². The van der Waals surface area contributed by atoms with Crippen molar-refractivity contribution in [2.45, 2.75) is 51.6 Å². The molecule has 0 aliphatic rings. The highest BCUT2D eigenvalue weighted by Gasteiger charge is 2.40. The fourth-order valence-electron chi connectivity index (χ4n) is 4.13. The second kappa shape index (κ2) is 10.8. The topological polar surface area (TPSA) is 140 Å². The van der Waals surface area contributed by atoms with Crippen molar-refractivity contribution in [1.29, 1.82) is 0 Å². The Morgan fingerprint density at radius 2 is 1.75 bits per heavy atom. The van der Waals surface area contributed by atoms with E-state index in [0.29, 0.717) is 22.2 Å². The van der Waals surface area contributed by atoms with Gasteiger partial charge in [0.05, 0.1) is 11.6 Å². The van der Waals surface area contributed by atoms with Gasteiger partial charge in [-0.2, -0.15) is 0 Å². The van der Waals surface area contributed by atoms with E-state index >= 15 is 0 Å². The quantitative estimate of drug-likeness (QED) is 0.225. The van der Waals surface area contributed by atoms with Crippen LogP contribution in [0.2, 0.25) is 0 Å². The van der Waals surface area contributed by atoms with Gasteiger partial charge in [0.25, 0.3) is 10.9 Å². The Kier molecular flexibility index (Phi) is 7.67. The zero-order valence-electron chi connectivity index (χ0n) is 21.6. The van der Waals surface area contributed by atoms with Crippen molar-refractivity contribution < 1.29 is 32.5 Å². The van der Waals surface area contributed by atoms with E-state index in [1.165, 1.54) is 18.5 Å². The molecule has 1 aromatic heterocycles. The van der Waals surface area contributed by atoms with Crippen LogP contribution in [0.15, 0.2) is 58.4 Å². The molecular formula is C27H25F3N4O6. The fraction of sp³-hybridized carbons (Fsp3) is 0.296. The maximum Gasteiger partial charge on any atom is 0.573 e. The van der Waals surface area contributed by atoms with Gasteiger partial charge in [-0.25, -0.2) is 14.8 Å². The third kappa shape index (κ3) is 5.98. The van der Waals surface area contributed by atoms with E-state index in [1.54, 1.807) is 45.0 Å². The smallest absolute Gasteiger partial charge is 0.485 e. The second-order valence-corrected chi connectivity index (χ2v) is 9.34. The number of hydrogen-bond acceptors (Lipinski definition) is 9. The lowest BCUT2D eigenvalue weighted by molar-refractivity contribution is -0.274. The molecule has 210 valence electrons. The first-order valence-electron chi connectivity index (χ1n) is 12.2. The first-order valence-corrected chi connectivity index (χ1v) is 12.2. The third-order valence-electron chi connectivity index (χ3n) is 6.16. The van der Waals surface area contributed by atoms with E-state index < -0.39 is 34.5 Å². The van der Waals surface area contributed by atoms with Crippen molar-refractivity contribution in [2.24, 2.45) is 0 Å². The summed E-state index contributed by atoms with van der Waals surface area (Å²) in [5.74, 6) is -1.59. The molecule has 0 saturated heterocycles. The number of aromatic nitrogens is 2. The van der Waals surface area contributed by atoms with Crippen LogP contribution in [-0.2, 0) is 11.2 Å². The number of ether oxygens (including phenoxy) is 2. The second-order valence-electron chi connectivity index (χ2n) is 9.34. The molecule has 13 heteroatoms.